The second kappa shape index (κ2) is 12.1. The summed E-state index contributed by atoms with van der Waals surface area (Å²) < 4.78 is 34.5. The molecule has 1 fully saturated rings. The molecule has 234 valence electrons. The number of carbonyl (C=O) groups excluding carboxylic acids is 2. The van der Waals surface area contributed by atoms with E-state index < -0.39 is 28.5 Å². The molecule has 14 heteroatoms. The van der Waals surface area contributed by atoms with Crippen molar-refractivity contribution in [3.05, 3.63) is 75.3 Å². The number of carbonyl (C=O) groups is 2. The van der Waals surface area contributed by atoms with Crippen molar-refractivity contribution in [2.75, 3.05) is 61.8 Å². The number of halogens is 3. The van der Waals surface area contributed by atoms with Gasteiger partial charge in [0.2, 0.25) is 0 Å². The zero-order valence-corrected chi connectivity index (χ0v) is 25.3. The first-order valence-corrected chi connectivity index (χ1v) is 14.8. The molecule has 0 saturated carbocycles. The summed E-state index contributed by atoms with van der Waals surface area (Å²) >= 11 is 6.26. The van der Waals surface area contributed by atoms with E-state index in [-0.39, 0.29) is 48.3 Å². The number of nitrogens with two attached hydrogens (primary N) is 1. The summed E-state index contributed by atoms with van der Waals surface area (Å²) in [5, 5.41) is 7.38. The molecule has 2 aromatic carbocycles. The van der Waals surface area contributed by atoms with Gasteiger partial charge in [0.25, 0.3) is 11.8 Å². The summed E-state index contributed by atoms with van der Waals surface area (Å²) in [4.78, 5) is 42.5. The summed E-state index contributed by atoms with van der Waals surface area (Å²) in [6.45, 7) is 6.07. The Balaban J connectivity index is 1.41. The molecular formula is C31H31ClF2N8O3. The number of nitrogens with zero attached hydrogens (tertiary/aromatic N) is 6. The number of rotatable bonds is 6. The number of nitrogens with one attached hydrogen (secondary N) is 1. The number of nitrogen functional groups attached to an aromatic ring is 1. The summed E-state index contributed by atoms with van der Waals surface area (Å²) in [5.74, 6) is -1.95. The van der Waals surface area contributed by atoms with Crippen molar-refractivity contribution < 1.29 is 23.1 Å². The van der Waals surface area contributed by atoms with Crippen LogP contribution < -0.4 is 20.3 Å². The Morgan fingerprint density at radius 1 is 1.09 bits per heavy atom. The fourth-order valence-corrected chi connectivity index (χ4v) is 6.32. The Bertz CT molecular complexity index is 1740. The third-order valence-electron chi connectivity index (χ3n) is 8.39. The first-order valence-electron chi connectivity index (χ1n) is 14.4. The standard InChI is InChI=1S/C31H31ClF2N8O3/c1-17(33)29(43)41-12-10-40(11-13-41)27-20-7-9-42(30(44)25-21(15-35)23(36)14-22(34)26(25)32)28(20)38-31(37-27)45-24-5-3-4-18-16-39(2)8-6-19(18)24/h3-5,14-15,35H,1,6-13,16,36H2,2H3. The molecule has 0 bridgehead atoms. The molecule has 0 aliphatic carbocycles. The van der Waals surface area contributed by atoms with Crippen LogP contribution in [0.4, 0.5) is 26.1 Å². The molecule has 45 heavy (non-hydrogen) atoms. The van der Waals surface area contributed by atoms with Gasteiger partial charge in [0, 0.05) is 74.4 Å². The zero-order chi connectivity index (χ0) is 32.0. The van der Waals surface area contributed by atoms with Crippen LogP contribution in [0.15, 0.2) is 36.7 Å². The topological polar surface area (TPSA) is 132 Å². The molecule has 0 spiro atoms. The summed E-state index contributed by atoms with van der Waals surface area (Å²) in [5.41, 5.74) is 8.45. The molecule has 1 saturated heterocycles. The van der Waals surface area contributed by atoms with Crippen LogP contribution in [0.1, 0.15) is 32.6 Å². The number of ether oxygens (including phenoxy) is 1. The van der Waals surface area contributed by atoms with E-state index >= 15 is 0 Å². The SMILES string of the molecule is C=C(F)C(=O)N1CCN(c2nc(Oc3cccc4c3CCN(C)C4)nc3c2CCN3C(=O)c2c(Cl)c(F)cc(N)c2C=N)CC1. The van der Waals surface area contributed by atoms with E-state index in [2.05, 4.69) is 29.6 Å². The molecule has 1 aromatic heterocycles. The molecule has 3 aliphatic rings. The van der Waals surface area contributed by atoms with Crippen molar-refractivity contribution in [2.24, 2.45) is 0 Å². The number of hydrogen-bond acceptors (Lipinski definition) is 9. The Morgan fingerprint density at radius 2 is 1.80 bits per heavy atom. The van der Waals surface area contributed by atoms with Gasteiger partial charge in [-0.1, -0.05) is 30.3 Å². The van der Waals surface area contributed by atoms with E-state index in [1.807, 2.05) is 17.0 Å². The third-order valence-corrected chi connectivity index (χ3v) is 8.76. The molecular weight excluding hydrogens is 606 g/mol. The Kier molecular flexibility index (Phi) is 8.14. The highest BCUT2D eigenvalue weighted by Crippen LogP contribution is 2.39. The largest absolute Gasteiger partial charge is 0.424 e. The second-order valence-electron chi connectivity index (χ2n) is 11.2. The van der Waals surface area contributed by atoms with Crippen molar-refractivity contribution in [3.8, 4) is 11.8 Å². The average Bonchev–Trinajstić information content (AvgIpc) is 3.45. The molecule has 0 unspecified atom stereocenters. The first-order chi connectivity index (χ1) is 21.6. The number of anilines is 3. The van der Waals surface area contributed by atoms with Crippen molar-refractivity contribution in [1.29, 1.82) is 5.41 Å². The lowest BCUT2D eigenvalue weighted by Gasteiger charge is -2.35. The van der Waals surface area contributed by atoms with E-state index in [1.165, 1.54) is 9.80 Å². The van der Waals surface area contributed by atoms with Crippen molar-refractivity contribution in [1.82, 2.24) is 19.8 Å². The van der Waals surface area contributed by atoms with Crippen LogP contribution in [0.3, 0.4) is 0 Å². The third kappa shape index (κ3) is 5.57. The van der Waals surface area contributed by atoms with E-state index in [4.69, 9.17) is 32.5 Å². The minimum atomic E-state index is -1.02. The van der Waals surface area contributed by atoms with Gasteiger partial charge < -0.3 is 30.6 Å². The number of fused-ring (bicyclic) bond motifs is 2. The fourth-order valence-electron chi connectivity index (χ4n) is 6.08. The van der Waals surface area contributed by atoms with Crippen LogP contribution in [0.25, 0.3) is 0 Å². The minimum absolute atomic E-state index is 0.00160. The number of likely N-dealkylation sites (N-methyl/N-ethyl adjacent to an activating group) is 1. The smallest absolute Gasteiger partial charge is 0.325 e. The first kappa shape index (κ1) is 30.4. The summed E-state index contributed by atoms with van der Waals surface area (Å²) in [6.07, 6.45) is 2.01. The highest BCUT2D eigenvalue weighted by atomic mass is 35.5. The average molecular weight is 637 g/mol. The lowest BCUT2D eigenvalue weighted by Crippen LogP contribution is -2.49. The van der Waals surface area contributed by atoms with E-state index in [1.54, 1.807) is 0 Å². The maximum absolute atomic E-state index is 14.6. The normalized spacial score (nSPS) is 16.3. The molecule has 6 rings (SSSR count). The number of benzene rings is 2. The number of amides is 2. The van der Waals surface area contributed by atoms with Crippen LogP contribution in [-0.2, 0) is 24.2 Å². The van der Waals surface area contributed by atoms with Crippen molar-refractivity contribution in [3.63, 3.8) is 0 Å². The van der Waals surface area contributed by atoms with Crippen LogP contribution >= 0.6 is 11.6 Å². The molecule has 2 amide bonds. The Hall–Kier alpha value is -4.62. The second-order valence-corrected chi connectivity index (χ2v) is 11.6. The summed E-state index contributed by atoms with van der Waals surface area (Å²) in [6, 6.07) is 6.79. The molecule has 3 aliphatic heterocycles. The van der Waals surface area contributed by atoms with Gasteiger partial charge in [0.05, 0.1) is 10.6 Å². The van der Waals surface area contributed by atoms with Gasteiger partial charge in [-0.15, -0.1) is 0 Å². The fraction of sp³-hybridized carbons (Fsp3) is 0.323. The van der Waals surface area contributed by atoms with Crippen LogP contribution in [0.2, 0.25) is 5.02 Å². The summed E-state index contributed by atoms with van der Waals surface area (Å²) in [7, 11) is 2.05. The van der Waals surface area contributed by atoms with Gasteiger partial charge in [-0.05, 0) is 37.6 Å². The maximum Gasteiger partial charge on any atom is 0.325 e. The lowest BCUT2D eigenvalue weighted by atomic mass is 9.99. The van der Waals surface area contributed by atoms with Crippen molar-refractivity contribution >= 4 is 47.0 Å². The quantitative estimate of drug-likeness (QED) is 0.236. The number of piperazine rings is 1. The monoisotopic (exact) mass is 636 g/mol. The maximum atomic E-state index is 14.6. The zero-order valence-electron chi connectivity index (χ0n) is 24.6. The number of hydrogen-bond donors (Lipinski definition) is 2. The van der Waals surface area contributed by atoms with Gasteiger partial charge in [-0.3, -0.25) is 14.5 Å². The molecule has 11 nitrogen and oxygen atoms in total. The highest BCUT2D eigenvalue weighted by molar-refractivity contribution is 6.36. The minimum Gasteiger partial charge on any atom is -0.424 e. The van der Waals surface area contributed by atoms with Gasteiger partial charge in [0.15, 0.2) is 5.83 Å². The van der Waals surface area contributed by atoms with E-state index in [0.717, 1.165) is 42.9 Å². The lowest BCUT2D eigenvalue weighted by molar-refractivity contribution is -0.128. The Labute approximate surface area is 263 Å². The van der Waals surface area contributed by atoms with Gasteiger partial charge in [-0.2, -0.15) is 9.97 Å². The predicted molar refractivity (Wildman–Crippen MR) is 167 cm³/mol. The van der Waals surface area contributed by atoms with Crippen LogP contribution in [-0.4, -0.2) is 84.1 Å². The number of aromatic nitrogens is 2. The van der Waals surface area contributed by atoms with E-state index in [9.17, 15) is 18.4 Å². The van der Waals surface area contributed by atoms with Gasteiger partial charge in [0.1, 0.15) is 23.2 Å². The molecule has 3 N–H and O–H groups in total. The molecule has 3 aromatic rings. The van der Waals surface area contributed by atoms with Crippen LogP contribution in [0.5, 0.6) is 11.8 Å². The molecule has 0 radical (unpaired) electrons. The molecule has 0 atom stereocenters. The van der Waals surface area contributed by atoms with Crippen molar-refractivity contribution in [2.45, 2.75) is 19.4 Å². The van der Waals surface area contributed by atoms with Gasteiger partial charge in [-0.25, -0.2) is 8.78 Å². The van der Waals surface area contributed by atoms with Gasteiger partial charge >= 0.3 is 6.01 Å². The predicted octanol–water partition coefficient (Wildman–Crippen LogP) is 3.96. The Morgan fingerprint density at radius 3 is 2.51 bits per heavy atom. The highest BCUT2D eigenvalue weighted by Gasteiger charge is 2.36. The van der Waals surface area contributed by atoms with Crippen LogP contribution in [0, 0.1) is 11.2 Å². The van der Waals surface area contributed by atoms with E-state index in [0.29, 0.717) is 36.6 Å². The molecule has 4 heterocycles.